The summed E-state index contributed by atoms with van der Waals surface area (Å²) < 4.78 is 5.24. The Hall–Kier alpha value is -4.94. The smallest absolute Gasteiger partial charge is 0.251 e. The second kappa shape index (κ2) is 17.5. The zero-order valence-corrected chi connectivity index (χ0v) is 28.7. The Labute approximate surface area is 287 Å². The molecule has 6 amide bonds. The number of hydrogen-bond acceptors (Lipinski definition) is 7. The van der Waals surface area contributed by atoms with Gasteiger partial charge in [-0.1, -0.05) is 44.5 Å². The normalized spacial score (nSPS) is 23.7. The van der Waals surface area contributed by atoms with Crippen molar-refractivity contribution in [1.29, 1.82) is 0 Å². The van der Waals surface area contributed by atoms with E-state index in [1.54, 1.807) is 67.5 Å². The molecule has 0 saturated carbocycles. The average molecular weight is 677 g/mol. The van der Waals surface area contributed by atoms with Crippen LogP contribution in [0, 0.1) is 5.92 Å². The van der Waals surface area contributed by atoms with Gasteiger partial charge in [0.25, 0.3) is 5.91 Å². The number of nitrogens with zero attached hydrogens (tertiary/aromatic N) is 1. The van der Waals surface area contributed by atoms with Gasteiger partial charge in [0, 0.05) is 38.0 Å². The first-order valence-corrected chi connectivity index (χ1v) is 17.0. The molecule has 49 heavy (non-hydrogen) atoms. The number of methoxy groups -OCH3 is 1. The van der Waals surface area contributed by atoms with E-state index in [0.717, 1.165) is 11.1 Å². The summed E-state index contributed by atoms with van der Waals surface area (Å²) in [6, 6.07) is 10.5. The maximum absolute atomic E-state index is 13.8. The lowest BCUT2D eigenvalue weighted by Crippen LogP contribution is -2.58. The molecule has 0 radical (unpaired) electrons. The molecular formula is C36H48N6O7. The van der Waals surface area contributed by atoms with Gasteiger partial charge in [-0.2, -0.15) is 0 Å². The summed E-state index contributed by atoms with van der Waals surface area (Å²) in [6.45, 7) is 6.32. The lowest BCUT2D eigenvalue weighted by atomic mass is 9.96. The Balaban J connectivity index is 1.59. The molecule has 264 valence electrons. The van der Waals surface area contributed by atoms with Crippen molar-refractivity contribution in [2.45, 2.75) is 90.0 Å². The van der Waals surface area contributed by atoms with Gasteiger partial charge in [0.15, 0.2) is 0 Å². The van der Waals surface area contributed by atoms with Crippen LogP contribution in [0.15, 0.2) is 48.5 Å². The number of rotatable bonds is 6. The molecular weight excluding hydrogens is 628 g/mol. The predicted octanol–water partition coefficient (Wildman–Crippen LogP) is 1.59. The van der Waals surface area contributed by atoms with Crippen LogP contribution in [0.1, 0.15) is 74.4 Å². The molecule has 2 aromatic rings. The molecule has 3 heterocycles. The fourth-order valence-electron chi connectivity index (χ4n) is 5.84. The minimum Gasteiger partial charge on any atom is -0.497 e. The predicted molar refractivity (Wildman–Crippen MR) is 182 cm³/mol. The van der Waals surface area contributed by atoms with Crippen molar-refractivity contribution in [2.24, 2.45) is 5.92 Å². The first kappa shape index (κ1) is 36.9. The molecule has 5 atom stereocenters. The number of benzene rings is 2. The second-order valence-electron chi connectivity index (χ2n) is 12.8. The third kappa shape index (κ3) is 10.3. The molecule has 2 bridgehead atoms. The maximum Gasteiger partial charge on any atom is 0.251 e. The van der Waals surface area contributed by atoms with Gasteiger partial charge < -0.3 is 36.2 Å². The number of ether oxygens (including phenoxy) is 1. The van der Waals surface area contributed by atoms with Crippen molar-refractivity contribution >= 4 is 35.4 Å². The van der Waals surface area contributed by atoms with Crippen molar-refractivity contribution < 1.29 is 33.5 Å². The molecule has 5 N–H and O–H groups in total. The van der Waals surface area contributed by atoms with Crippen molar-refractivity contribution in [1.82, 2.24) is 31.5 Å². The third-order valence-corrected chi connectivity index (χ3v) is 9.11. The van der Waals surface area contributed by atoms with Crippen LogP contribution in [0.3, 0.4) is 0 Å². The van der Waals surface area contributed by atoms with Gasteiger partial charge in [0.2, 0.25) is 29.5 Å². The summed E-state index contributed by atoms with van der Waals surface area (Å²) in [4.78, 5) is 80.7. The first-order valence-electron chi connectivity index (χ1n) is 17.0. The van der Waals surface area contributed by atoms with Gasteiger partial charge in [0.1, 0.15) is 29.9 Å². The van der Waals surface area contributed by atoms with Gasteiger partial charge in [0.05, 0.1) is 7.11 Å². The number of amides is 6. The lowest BCUT2D eigenvalue weighted by Gasteiger charge is -2.27. The fourth-order valence-corrected chi connectivity index (χ4v) is 5.84. The number of carbonyl (C=O) groups is 6. The van der Waals surface area contributed by atoms with Gasteiger partial charge in [-0.05, 0) is 67.5 Å². The van der Waals surface area contributed by atoms with E-state index in [1.807, 2.05) is 13.8 Å². The van der Waals surface area contributed by atoms with Crippen LogP contribution < -0.4 is 31.3 Å². The highest BCUT2D eigenvalue weighted by Crippen LogP contribution is 2.17. The van der Waals surface area contributed by atoms with Crippen LogP contribution >= 0.6 is 0 Å². The molecule has 0 aromatic heterocycles. The molecule has 13 nitrogen and oxygen atoms in total. The summed E-state index contributed by atoms with van der Waals surface area (Å²) in [5.41, 5.74) is 1.89. The monoisotopic (exact) mass is 676 g/mol. The summed E-state index contributed by atoms with van der Waals surface area (Å²) in [5, 5.41) is 14.0. The highest BCUT2D eigenvalue weighted by molar-refractivity contribution is 5.99. The zero-order valence-electron chi connectivity index (χ0n) is 28.7. The highest BCUT2D eigenvalue weighted by atomic mass is 16.5. The van der Waals surface area contributed by atoms with Gasteiger partial charge in [-0.3, -0.25) is 28.8 Å². The average Bonchev–Trinajstić information content (AvgIpc) is 3.54. The van der Waals surface area contributed by atoms with Crippen LogP contribution in [0.25, 0.3) is 0 Å². The molecule has 5 rings (SSSR count). The topological polar surface area (TPSA) is 175 Å². The summed E-state index contributed by atoms with van der Waals surface area (Å²) >= 11 is 0. The Morgan fingerprint density at radius 2 is 1.61 bits per heavy atom. The number of carbonyl (C=O) groups excluding carboxylic acids is 6. The van der Waals surface area contributed by atoms with Crippen LogP contribution in [0.5, 0.6) is 5.75 Å². The maximum atomic E-state index is 13.8. The van der Waals surface area contributed by atoms with Crippen LogP contribution in [-0.4, -0.2) is 84.7 Å². The van der Waals surface area contributed by atoms with E-state index in [1.165, 1.54) is 0 Å². The third-order valence-electron chi connectivity index (χ3n) is 9.11. The van der Waals surface area contributed by atoms with Crippen molar-refractivity contribution in [2.75, 3.05) is 20.2 Å². The molecule has 0 aliphatic carbocycles. The zero-order chi connectivity index (χ0) is 35.5. The summed E-state index contributed by atoms with van der Waals surface area (Å²) in [7, 11) is 1.55. The standard InChI is InChI=1S/C36H48N6O7/c1-5-22(2)31-35(47)40-29(20-24-10-14-27(49-4)15-11-24)34(46)38-23(3)32(44)37-18-6-7-19-42(36(48)28-16-17-30(43)39-28)21-25-8-12-26(13-9-25)33(45)41-31/h8-15,22-23,28-29,31H,5-7,16-21H2,1-4H3,(H,37,44)(H,38,46)(H,39,43)(H,40,47)(H,41,45)/t22-,23+,28+,29-,31?/m0/s1. The van der Waals surface area contributed by atoms with Crippen LogP contribution in [-0.2, 0) is 36.9 Å². The van der Waals surface area contributed by atoms with Gasteiger partial charge in [-0.15, -0.1) is 0 Å². The molecule has 2 aromatic carbocycles. The molecule has 13 heteroatoms. The van der Waals surface area contributed by atoms with Crippen LogP contribution in [0.4, 0.5) is 0 Å². The summed E-state index contributed by atoms with van der Waals surface area (Å²) in [6.07, 6.45) is 2.60. The molecule has 1 fully saturated rings. The van der Waals surface area contributed by atoms with Crippen molar-refractivity contribution in [3.05, 3.63) is 65.2 Å². The minimum atomic E-state index is -1.04. The summed E-state index contributed by atoms with van der Waals surface area (Å²) in [5.74, 6) is -1.88. The van der Waals surface area contributed by atoms with Crippen molar-refractivity contribution in [3.63, 3.8) is 0 Å². The highest BCUT2D eigenvalue weighted by Gasteiger charge is 2.33. The molecule has 1 unspecified atom stereocenters. The SMILES string of the molecule is CC[C@H](C)C1NC(=O)c2ccc(cc2)CN(C(=O)[C@H]2CCC(=O)N2)CCCCNC(=O)[C@@H](C)NC(=O)[C@H](Cc2ccc(OC)cc2)NC1=O. The van der Waals surface area contributed by atoms with E-state index in [0.29, 0.717) is 56.5 Å². The van der Waals surface area contributed by atoms with E-state index in [-0.39, 0.29) is 36.6 Å². The first-order chi connectivity index (χ1) is 23.5. The van der Waals surface area contributed by atoms with E-state index in [4.69, 9.17) is 4.74 Å². The molecule has 0 spiro atoms. The number of nitrogens with one attached hydrogen (secondary N) is 5. The fraction of sp³-hybridized carbons (Fsp3) is 0.500. The Kier molecular flexibility index (Phi) is 13.1. The van der Waals surface area contributed by atoms with Gasteiger partial charge in [-0.25, -0.2) is 0 Å². The largest absolute Gasteiger partial charge is 0.497 e. The number of fused-ring (bicyclic) bond motifs is 18. The van der Waals surface area contributed by atoms with Gasteiger partial charge >= 0.3 is 0 Å². The lowest BCUT2D eigenvalue weighted by molar-refractivity contribution is -0.135. The van der Waals surface area contributed by atoms with E-state index in [2.05, 4.69) is 26.6 Å². The minimum absolute atomic E-state index is 0.137. The van der Waals surface area contributed by atoms with E-state index >= 15 is 0 Å². The molecule has 3 aliphatic heterocycles. The Morgan fingerprint density at radius 3 is 2.24 bits per heavy atom. The van der Waals surface area contributed by atoms with E-state index < -0.39 is 41.9 Å². The second-order valence-corrected chi connectivity index (χ2v) is 12.8. The van der Waals surface area contributed by atoms with Crippen molar-refractivity contribution in [3.8, 4) is 5.75 Å². The molecule has 3 aliphatic rings. The quantitative estimate of drug-likeness (QED) is 0.289. The number of hydrogen-bond donors (Lipinski definition) is 5. The molecule has 1 saturated heterocycles. The van der Waals surface area contributed by atoms with E-state index in [9.17, 15) is 28.8 Å². The Bertz CT molecular complexity index is 1500. The van der Waals surface area contributed by atoms with Crippen LogP contribution in [0.2, 0.25) is 0 Å². The Morgan fingerprint density at radius 1 is 0.898 bits per heavy atom.